The maximum absolute atomic E-state index is 10.6. The van der Waals surface area contributed by atoms with Gasteiger partial charge in [-0.3, -0.25) is 9.78 Å². The zero-order valence-electron chi connectivity index (χ0n) is 6.95. The van der Waals surface area contributed by atoms with Gasteiger partial charge in [0.25, 0.3) is 0 Å². The Labute approximate surface area is 71.0 Å². The number of rotatable bonds is 1. The van der Waals surface area contributed by atoms with Crippen molar-refractivity contribution in [2.24, 2.45) is 0 Å². The van der Waals surface area contributed by atoms with Gasteiger partial charge in [0.15, 0.2) is 6.29 Å². The van der Waals surface area contributed by atoms with Gasteiger partial charge in [0.05, 0.1) is 0 Å². The van der Waals surface area contributed by atoms with Crippen molar-refractivity contribution < 1.29 is 4.79 Å². The Morgan fingerprint density at radius 2 is 2.50 bits per heavy atom. The molecular weight excluding hydrogens is 152 g/mol. The molecule has 0 amide bonds. The molecule has 0 aliphatic carbocycles. The zero-order chi connectivity index (χ0) is 8.55. The summed E-state index contributed by atoms with van der Waals surface area (Å²) < 4.78 is 0. The fraction of sp³-hybridized carbons (Fsp3) is 0.333. The second-order valence-electron chi connectivity index (χ2n) is 2.98. The fourth-order valence-electron chi connectivity index (χ4n) is 1.61. The summed E-state index contributed by atoms with van der Waals surface area (Å²) in [7, 11) is 2.03. The van der Waals surface area contributed by atoms with Gasteiger partial charge in [0.1, 0.15) is 5.69 Å². The maximum Gasteiger partial charge on any atom is 0.168 e. The monoisotopic (exact) mass is 162 g/mol. The third-order valence-electron chi connectivity index (χ3n) is 2.28. The van der Waals surface area contributed by atoms with Crippen molar-refractivity contribution in [3.05, 3.63) is 23.5 Å². The second-order valence-corrected chi connectivity index (χ2v) is 2.98. The van der Waals surface area contributed by atoms with Gasteiger partial charge in [-0.2, -0.15) is 0 Å². The highest BCUT2D eigenvalue weighted by Gasteiger charge is 2.18. The topological polar surface area (TPSA) is 33.2 Å². The largest absolute Gasteiger partial charge is 0.374 e. The molecule has 3 nitrogen and oxygen atoms in total. The minimum absolute atomic E-state index is 0.594. The number of carbonyl (C=O) groups is 1. The predicted molar refractivity (Wildman–Crippen MR) is 46.6 cm³/mol. The lowest BCUT2D eigenvalue weighted by atomic mass is 10.1. The van der Waals surface area contributed by atoms with E-state index in [1.54, 1.807) is 6.20 Å². The number of aldehydes is 1. The molecule has 0 radical (unpaired) electrons. The average molecular weight is 162 g/mol. The summed E-state index contributed by atoms with van der Waals surface area (Å²) in [5, 5.41) is 0. The van der Waals surface area contributed by atoms with E-state index in [4.69, 9.17) is 0 Å². The first kappa shape index (κ1) is 7.28. The van der Waals surface area contributed by atoms with Crippen molar-refractivity contribution >= 4 is 12.0 Å². The highest BCUT2D eigenvalue weighted by atomic mass is 16.1. The Bertz CT molecular complexity index is 322. The molecule has 0 N–H and O–H groups in total. The second kappa shape index (κ2) is 2.59. The number of anilines is 1. The van der Waals surface area contributed by atoms with Crippen LogP contribution in [-0.2, 0) is 6.42 Å². The van der Waals surface area contributed by atoms with Crippen LogP contribution in [0.5, 0.6) is 0 Å². The molecule has 1 aliphatic rings. The van der Waals surface area contributed by atoms with Crippen LogP contribution in [-0.4, -0.2) is 24.9 Å². The van der Waals surface area contributed by atoms with E-state index in [0.29, 0.717) is 5.69 Å². The van der Waals surface area contributed by atoms with Gasteiger partial charge in [-0.05, 0) is 12.5 Å². The van der Waals surface area contributed by atoms with Crippen molar-refractivity contribution in [2.75, 3.05) is 18.5 Å². The van der Waals surface area contributed by atoms with Crippen LogP contribution >= 0.6 is 0 Å². The van der Waals surface area contributed by atoms with Crippen molar-refractivity contribution in [2.45, 2.75) is 6.42 Å². The van der Waals surface area contributed by atoms with E-state index in [2.05, 4.69) is 9.88 Å². The van der Waals surface area contributed by atoms with E-state index in [9.17, 15) is 4.79 Å². The van der Waals surface area contributed by atoms with E-state index in [-0.39, 0.29) is 0 Å². The SMILES string of the molecule is CN1CCc2c1ccnc2C=O. The summed E-state index contributed by atoms with van der Waals surface area (Å²) in [5.74, 6) is 0. The van der Waals surface area contributed by atoms with Crippen LogP contribution in [0, 0.1) is 0 Å². The van der Waals surface area contributed by atoms with Crippen molar-refractivity contribution in [1.29, 1.82) is 0 Å². The van der Waals surface area contributed by atoms with E-state index >= 15 is 0 Å². The van der Waals surface area contributed by atoms with Gasteiger partial charge in [0.2, 0.25) is 0 Å². The Morgan fingerprint density at radius 3 is 3.25 bits per heavy atom. The number of carbonyl (C=O) groups excluding carboxylic acids is 1. The molecule has 1 aromatic heterocycles. The number of nitrogens with zero attached hydrogens (tertiary/aromatic N) is 2. The quantitative estimate of drug-likeness (QED) is 0.575. The number of likely N-dealkylation sites (N-methyl/N-ethyl adjacent to an activating group) is 1. The molecule has 62 valence electrons. The molecule has 3 heteroatoms. The number of hydrogen-bond acceptors (Lipinski definition) is 3. The third-order valence-corrected chi connectivity index (χ3v) is 2.28. The Hall–Kier alpha value is -1.38. The molecule has 0 fully saturated rings. The maximum atomic E-state index is 10.6. The minimum Gasteiger partial charge on any atom is -0.374 e. The Balaban J connectivity index is 2.57. The van der Waals surface area contributed by atoms with Crippen LogP contribution in [0.25, 0.3) is 0 Å². The van der Waals surface area contributed by atoms with Gasteiger partial charge in [-0.25, -0.2) is 0 Å². The summed E-state index contributed by atoms with van der Waals surface area (Å²) in [5.41, 5.74) is 2.83. The fourth-order valence-corrected chi connectivity index (χ4v) is 1.61. The van der Waals surface area contributed by atoms with Gasteiger partial charge >= 0.3 is 0 Å². The van der Waals surface area contributed by atoms with Crippen LogP contribution < -0.4 is 4.90 Å². The molecule has 0 bridgehead atoms. The zero-order valence-corrected chi connectivity index (χ0v) is 6.95. The molecule has 12 heavy (non-hydrogen) atoms. The first-order chi connectivity index (χ1) is 5.83. The highest BCUT2D eigenvalue weighted by Crippen LogP contribution is 2.26. The summed E-state index contributed by atoms with van der Waals surface area (Å²) in [6.45, 7) is 0.988. The van der Waals surface area contributed by atoms with Gasteiger partial charge in [-0.1, -0.05) is 0 Å². The lowest BCUT2D eigenvalue weighted by Crippen LogP contribution is -2.12. The first-order valence-corrected chi connectivity index (χ1v) is 3.97. The number of hydrogen-bond donors (Lipinski definition) is 0. The molecule has 0 atom stereocenters. The molecule has 0 saturated heterocycles. The Morgan fingerprint density at radius 1 is 1.67 bits per heavy atom. The summed E-state index contributed by atoms with van der Waals surface area (Å²) >= 11 is 0. The molecule has 0 saturated carbocycles. The van der Waals surface area contributed by atoms with Crippen molar-refractivity contribution in [3.8, 4) is 0 Å². The Kier molecular flexibility index (Phi) is 1.57. The molecule has 2 heterocycles. The van der Waals surface area contributed by atoms with Crippen LogP contribution in [0.1, 0.15) is 16.1 Å². The van der Waals surface area contributed by atoms with E-state index in [1.165, 1.54) is 0 Å². The third kappa shape index (κ3) is 0.897. The molecule has 0 spiro atoms. The predicted octanol–water partition coefficient (Wildman–Crippen LogP) is 0.886. The molecule has 2 rings (SSSR count). The summed E-state index contributed by atoms with van der Waals surface area (Å²) in [4.78, 5) is 16.7. The van der Waals surface area contributed by atoms with Crippen LogP contribution in [0.2, 0.25) is 0 Å². The van der Waals surface area contributed by atoms with Crippen LogP contribution in [0.15, 0.2) is 12.3 Å². The normalized spacial score (nSPS) is 14.6. The first-order valence-electron chi connectivity index (χ1n) is 3.97. The lowest BCUT2D eigenvalue weighted by Gasteiger charge is -2.10. The minimum atomic E-state index is 0.594. The molecule has 1 aliphatic heterocycles. The smallest absolute Gasteiger partial charge is 0.168 e. The average Bonchev–Trinajstić information content (AvgIpc) is 2.48. The number of pyridine rings is 1. The molecule has 0 aromatic carbocycles. The van der Waals surface area contributed by atoms with Gasteiger partial charge in [-0.15, -0.1) is 0 Å². The van der Waals surface area contributed by atoms with E-state index in [1.807, 2.05) is 13.1 Å². The molecular formula is C9H10N2O. The molecule has 0 unspecified atom stereocenters. The number of fused-ring (bicyclic) bond motifs is 1. The van der Waals surface area contributed by atoms with E-state index < -0.39 is 0 Å². The number of aromatic nitrogens is 1. The lowest BCUT2D eigenvalue weighted by molar-refractivity contribution is 0.111. The highest BCUT2D eigenvalue weighted by molar-refractivity contribution is 5.79. The van der Waals surface area contributed by atoms with Crippen LogP contribution in [0.4, 0.5) is 5.69 Å². The van der Waals surface area contributed by atoms with Gasteiger partial charge < -0.3 is 4.90 Å². The van der Waals surface area contributed by atoms with Crippen LogP contribution in [0.3, 0.4) is 0 Å². The molecule has 1 aromatic rings. The van der Waals surface area contributed by atoms with Crippen molar-refractivity contribution in [3.63, 3.8) is 0 Å². The van der Waals surface area contributed by atoms with Gasteiger partial charge in [0, 0.05) is 31.0 Å². The van der Waals surface area contributed by atoms with Crippen molar-refractivity contribution in [1.82, 2.24) is 4.98 Å². The van der Waals surface area contributed by atoms with E-state index in [0.717, 1.165) is 30.5 Å². The summed E-state index contributed by atoms with van der Waals surface area (Å²) in [6, 6.07) is 1.95. The summed E-state index contributed by atoms with van der Waals surface area (Å²) in [6.07, 6.45) is 3.45. The standard InChI is InChI=1S/C9H10N2O/c1-11-5-3-7-8(6-12)10-4-2-9(7)11/h2,4,6H,3,5H2,1H3.